The van der Waals surface area contributed by atoms with Crippen LogP contribution in [0.3, 0.4) is 0 Å². The number of aryl methyl sites for hydroxylation is 1. The Morgan fingerprint density at radius 2 is 2.05 bits per heavy atom. The van der Waals surface area contributed by atoms with Gasteiger partial charge in [0.15, 0.2) is 5.13 Å². The number of amides is 1. The number of thiazole rings is 2. The summed E-state index contributed by atoms with van der Waals surface area (Å²) in [5.41, 5.74) is 4.22. The van der Waals surface area contributed by atoms with E-state index in [0.717, 1.165) is 17.1 Å². The quantitative estimate of drug-likeness (QED) is 0.672. The maximum atomic E-state index is 12.6. The molecule has 0 atom stereocenters. The van der Waals surface area contributed by atoms with Crippen molar-refractivity contribution in [2.45, 2.75) is 6.92 Å². The van der Waals surface area contributed by atoms with Gasteiger partial charge in [-0.3, -0.25) is 9.69 Å². The Labute approximate surface area is 136 Å². The van der Waals surface area contributed by atoms with Crippen molar-refractivity contribution < 1.29 is 4.79 Å². The highest BCUT2D eigenvalue weighted by atomic mass is 32.1. The molecule has 1 amide bonds. The van der Waals surface area contributed by atoms with Crippen LogP contribution in [0.2, 0.25) is 0 Å². The second-order valence-corrected chi connectivity index (χ2v) is 6.08. The van der Waals surface area contributed by atoms with Gasteiger partial charge in [0.05, 0.1) is 22.6 Å². The van der Waals surface area contributed by atoms with Crippen molar-refractivity contribution in [3.05, 3.63) is 64.1 Å². The number of anilines is 2. The fourth-order valence-electron chi connectivity index (χ4n) is 1.89. The summed E-state index contributed by atoms with van der Waals surface area (Å²) in [7, 11) is 0. The van der Waals surface area contributed by atoms with Gasteiger partial charge in [-0.15, -0.1) is 22.7 Å². The molecule has 0 aliphatic heterocycles. The van der Waals surface area contributed by atoms with Gasteiger partial charge in [-0.1, -0.05) is 18.2 Å². The lowest BCUT2D eigenvalue weighted by Gasteiger charge is -2.18. The summed E-state index contributed by atoms with van der Waals surface area (Å²) in [5, 5.41) is 4.49. The van der Waals surface area contributed by atoms with Crippen LogP contribution < -0.4 is 4.90 Å². The fraction of sp³-hybridized carbons (Fsp3) is 0.0625. The van der Waals surface area contributed by atoms with Gasteiger partial charge in [-0.05, 0) is 25.1 Å². The van der Waals surface area contributed by atoms with Gasteiger partial charge >= 0.3 is 0 Å². The Morgan fingerprint density at radius 1 is 1.23 bits per heavy atom. The Hall–Kier alpha value is -2.31. The predicted molar refractivity (Wildman–Crippen MR) is 91.6 cm³/mol. The monoisotopic (exact) mass is 327 g/mol. The highest BCUT2D eigenvalue weighted by Crippen LogP contribution is 2.28. The van der Waals surface area contributed by atoms with E-state index in [-0.39, 0.29) is 5.91 Å². The van der Waals surface area contributed by atoms with Crippen LogP contribution >= 0.6 is 22.7 Å². The van der Waals surface area contributed by atoms with E-state index < -0.39 is 0 Å². The first-order valence-corrected chi connectivity index (χ1v) is 8.44. The molecule has 2 aromatic heterocycles. The Balaban J connectivity index is 1.93. The summed E-state index contributed by atoms with van der Waals surface area (Å²) >= 11 is 2.95. The first-order chi connectivity index (χ1) is 10.7. The van der Waals surface area contributed by atoms with E-state index in [4.69, 9.17) is 0 Å². The Morgan fingerprint density at radius 3 is 2.68 bits per heavy atom. The minimum absolute atomic E-state index is 0.145. The van der Waals surface area contributed by atoms with Crippen molar-refractivity contribution in [2.24, 2.45) is 0 Å². The minimum Gasteiger partial charge on any atom is -0.269 e. The molecule has 2 heterocycles. The summed E-state index contributed by atoms with van der Waals surface area (Å²) in [5.74, 6) is -0.145. The van der Waals surface area contributed by atoms with Gasteiger partial charge in [0.2, 0.25) is 0 Å². The molecule has 0 unspecified atom stereocenters. The number of hydrogen-bond acceptors (Lipinski definition) is 5. The largest absolute Gasteiger partial charge is 0.269 e. The summed E-state index contributed by atoms with van der Waals surface area (Å²) in [6, 6.07) is 9.52. The molecule has 0 aliphatic rings. The van der Waals surface area contributed by atoms with Crippen LogP contribution in [0.15, 0.2) is 52.7 Å². The number of benzene rings is 1. The first kappa shape index (κ1) is 14.6. The third-order valence-electron chi connectivity index (χ3n) is 2.88. The SMILES string of the molecule is Cc1csc(N(C(=O)/C=C/c2cscn2)c2ccccc2)n1. The summed E-state index contributed by atoms with van der Waals surface area (Å²) in [6.45, 7) is 1.92. The van der Waals surface area contributed by atoms with E-state index in [0.29, 0.717) is 5.13 Å². The van der Waals surface area contributed by atoms with E-state index in [9.17, 15) is 4.79 Å². The van der Waals surface area contributed by atoms with Gasteiger partial charge in [-0.2, -0.15) is 0 Å². The number of nitrogens with zero attached hydrogens (tertiary/aromatic N) is 3. The van der Waals surface area contributed by atoms with Gasteiger partial charge in [0.25, 0.3) is 5.91 Å². The molecule has 0 fully saturated rings. The zero-order valence-electron chi connectivity index (χ0n) is 11.8. The van der Waals surface area contributed by atoms with Crippen molar-refractivity contribution in [1.29, 1.82) is 0 Å². The number of carbonyl (C=O) groups is 1. The van der Waals surface area contributed by atoms with E-state index in [1.165, 1.54) is 28.7 Å². The molecule has 22 heavy (non-hydrogen) atoms. The lowest BCUT2D eigenvalue weighted by molar-refractivity contribution is -0.113. The van der Waals surface area contributed by atoms with Crippen LogP contribution in [-0.2, 0) is 4.79 Å². The van der Waals surface area contributed by atoms with Crippen LogP contribution in [0, 0.1) is 6.92 Å². The predicted octanol–water partition coefficient (Wildman–Crippen LogP) is 4.29. The molecule has 6 heteroatoms. The zero-order chi connectivity index (χ0) is 15.4. The normalized spacial score (nSPS) is 11.0. The molecule has 0 saturated carbocycles. The Bertz CT molecular complexity index is 779. The van der Waals surface area contributed by atoms with Gasteiger partial charge in [0.1, 0.15) is 0 Å². The molecular formula is C16H13N3OS2. The maximum absolute atomic E-state index is 12.6. The molecule has 4 nitrogen and oxygen atoms in total. The van der Waals surface area contributed by atoms with Gasteiger partial charge in [-0.25, -0.2) is 9.97 Å². The standard InChI is InChI=1S/C16H13N3OS2/c1-12-9-22-16(18-12)19(14-5-3-2-4-6-14)15(20)8-7-13-10-21-11-17-13/h2-11H,1H3/b8-7+. The lowest BCUT2D eigenvalue weighted by Crippen LogP contribution is -2.23. The smallest absolute Gasteiger partial charge is 0.257 e. The number of aromatic nitrogens is 2. The molecule has 110 valence electrons. The van der Waals surface area contributed by atoms with E-state index in [1.807, 2.05) is 48.0 Å². The topological polar surface area (TPSA) is 46.1 Å². The number of hydrogen-bond donors (Lipinski definition) is 0. The average molecular weight is 327 g/mol. The lowest BCUT2D eigenvalue weighted by atomic mass is 10.3. The van der Waals surface area contributed by atoms with Crippen molar-refractivity contribution in [3.63, 3.8) is 0 Å². The van der Waals surface area contributed by atoms with Crippen LogP contribution in [0.25, 0.3) is 6.08 Å². The van der Waals surface area contributed by atoms with Crippen LogP contribution in [-0.4, -0.2) is 15.9 Å². The third kappa shape index (κ3) is 3.29. The minimum atomic E-state index is -0.145. The highest BCUT2D eigenvalue weighted by Gasteiger charge is 2.18. The Kier molecular flexibility index (Phi) is 4.41. The van der Waals surface area contributed by atoms with Crippen LogP contribution in [0.1, 0.15) is 11.4 Å². The summed E-state index contributed by atoms with van der Waals surface area (Å²) < 4.78 is 0. The van der Waals surface area contributed by atoms with E-state index in [2.05, 4.69) is 9.97 Å². The molecule has 3 aromatic rings. The van der Waals surface area contributed by atoms with Crippen molar-refractivity contribution >= 4 is 45.5 Å². The molecular weight excluding hydrogens is 314 g/mol. The molecule has 0 bridgehead atoms. The molecule has 0 saturated heterocycles. The van der Waals surface area contributed by atoms with Crippen LogP contribution in [0.4, 0.5) is 10.8 Å². The summed E-state index contributed by atoms with van der Waals surface area (Å²) in [4.78, 5) is 22.8. The van der Waals surface area contributed by atoms with Gasteiger partial charge in [0, 0.05) is 16.8 Å². The average Bonchev–Trinajstić information content (AvgIpc) is 3.18. The summed E-state index contributed by atoms with van der Waals surface area (Å²) in [6.07, 6.45) is 3.24. The van der Waals surface area contributed by atoms with Crippen molar-refractivity contribution in [3.8, 4) is 0 Å². The van der Waals surface area contributed by atoms with Crippen molar-refractivity contribution in [1.82, 2.24) is 9.97 Å². The second-order valence-electron chi connectivity index (χ2n) is 4.53. The van der Waals surface area contributed by atoms with E-state index >= 15 is 0 Å². The second kappa shape index (κ2) is 6.64. The molecule has 0 spiro atoms. The van der Waals surface area contributed by atoms with E-state index in [1.54, 1.807) is 16.5 Å². The maximum Gasteiger partial charge on any atom is 0.257 e. The third-order valence-corrected chi connectivity index (χ3v) is 4.43. The fourth-order valence-corrected chi connectivity index (χ4v) is 3.24. The molecule has 0 radical (unpaired) electrons. The molecule has 1 aromatic carbocycles. The highest BCUT2D eigenvalue weighted by molar-refractivity contribution is 7.14. The first-order valence-electron chi connectivity index (χ1n) is 6.61. The van der Waals surface area contributed by atoms with Crippen LogP contribution in [0.5, 0.6) is 0 Å². The number of para-hydroxylation sites is 1. The molecule has 0 N–H and O–H groups in total. The zero-order valence-corrected chi connectivity index (χ0v) is 13.5. The molecule has 3 rings (SSSR count). The number of carbonyl (C=O) groups excluding carboxylic acids is 1. The van der Waals surface area contributed by atoms with Gasteiger partial charge < -0.3 is 0 Å². The number of rotatable bonds is 4. The molecule has 0 aliphatic carbocycles. The van der Waals surface area contributed by atoms with Crippen molar-refractivity contribution in [2.75, 3.05) is 4.90 Å².